The summed E-state index contributed by atoms with van der Waals surface area (Å²) < 4.78 is 27.7. The van der Waals surface area contributed by atoms with Crippen LogP contribution in [0.5, 0.6) is 0 Å². The fraction of sp³-hybridized carbons (Fsp3) is 0.235. The zero-order valence-electron chi connectivity index (χ0n) is 12.3. The number of carbonyl (C=O) groups is 1. The summed E-state index contributed by atoms with van der Waals surface area (Å²) in [6, 6.07) is 10.8. The molecule has 2 aromatic rings. The Morgan fingerprint density at radius 2 is 1.74 bits per heavy atom. The van der Waals surface area contributed by atoms with Crippen LogP contribution in [0.3, 0.4) is 0 Å². The number of hydrogen-bond donors (Lipinski definition) is 0. The van der Waals surface area contributed by atoms with E-state index in [1.54, 1.807) is 17.0 Å². The van der Waals surface area contributed by atoms with E-state index in [1.807, 2.05) is 17.0 Å². The van der Waals surface area contributed by atoms with Crippen molar-refractivity contribution in [3.63, 3.8) is 0 Å². The summed E-state index contributed by atoms with van der Waals surface area (Å²) in [5.74, 6) is -1.20. The zero-order valence-corrected chi connectivity index (χ0v) is 13.9. The van der Waals surface area contributed by atoms with Gasteiger partial charge in [0.1, 0.15) is 11.6 Å². The fourth-order valence-electron chi connectivity index (χ4n) is 2.69. The van der Waals surface area contributed by atoms with Crippen molar-refractivity contribution in [2.24, 2.45) is 0 Å². The number of anilines is 1. The molecule has 0 spiro atoms. The highest BCUT2D eigenvalue weighted by atomic mass is 79.9. The maximum atomic E-state index is 13.8. The standard InChI is InChI=1S/C17H15BrF2N2O/c18-13-3-1-2-12(10-13)17(23)22-8-6-21(7-9-22)16-5-4-14(19)11-15(16)20/h1-5,10-11H,6-9H2. The van der Waals surface area contributed by atoms with Crippen LogP contribution in [-0.2, 0) is 0 Å². The quantitative estimate of drug-likeness (QED) is 0.792. The summed E-state index contributed by atoms with van der Waals surface area (Å²) in [6.07, 6.45) is 0. The van der Waals surface area contributed by atoms with Gasteiger partial charge < -0.3 is 9.80 Å². The average Bonchev–Trinajstić information content (AvgIpc) is 2.54. The second-order valence-corrected chi connectivity index (χ2v) is 6.30. The third kappa shape index (κ3) is 3.52. The lowest BCUT2D eigenvalue weighted by molar-refractivity contribution is 0.0746. The lowest BCUT2D eigenvalue weighted by Crippen LogP contribution is -2.49. The van der Waals surface area contributed by atoms with Gasteiger partial charge in [-0.25, -0.2) is 8.78 Å². The zero-order chi connectivity index (χ0) is 16.4. The van der Waals surface area contributed by atoms with Gasteiger partial charge in [-0.2, -0.15) is 0 Å². The summed E-state index contributed by atoms with van der Waals surface area (Å²) in [5.41, 5.74) is 1.00. The minimum Gasteiger partial charge on any atom is -0.366 e. The van der Waals surface area contributed by atoms with Crippen LogP contribution < -0.4 is 4.90 Å². The van der Waals surface area contributed by atoms with E-state index in [-0.39, 0.29) is 5.91 Å². The van der Waals surface area contributed by atoms with Crippen molar-refractivity contribution >= 4 is 27.5 Å². The molecule has 1 amide bonds. The van der Waals surface area contributed by atoms with Crippen molar-refractivity contribution in [2.75, 3.05) is 31.1 Å². The van der Waals surface area contributed by atoms with Crippen LogP contribution in [0.25, 0.3) is 0 Å². The molecule has 3 rings (SSSR count). The largest absolute Gasteiger partial charge is 0.366 e. The van der Waals surface area contributed by atoms with Gasteiger partial charge in [-0.05, 0) is 30.3 Å². The van der Waals surface area contributed by atoms with Crippen LogP contribution in [0.4, 0.5) is 14.5 Å². The Labute approximate surface area is 141 Å². The van der Waals surface area contributed by atoms with Crippen LogP contribution >= 0.6 is 15.9 Å². The van der Waals surface area contributed by atoms with E-state index in [0.29, 0.717) is 37.4 Å². The first kappa shape index (κ1) is 15.9. The number of piperazine rings is 1. The molecule has 1 aliphatic heterocycles. The molecule has 3 nitrogen and oxygen atoms in total. The molecule has 0 bridgehead atoms. The van der Waals surface area contributed by atoms with Crippen molar-refractivity contribution in [3.8, 4) is 0 Å². The number of carbonyl (C=O) groups excluding carboxylic acids is 1. The van der Waals surface area contributed by atoms with Crippen LogP contribution in [0.1, 0.15) is 10.4 Å². The lowest BCUT2D eigenvalue weighted by atomic mass is 10.1. The summed E-state index contributed by atoms with van der Waals surface area (Å²) in [5, 5.41) is 0. The molecule has 1 aliphatic rings. The van der Waals surface area contributed by atoms with Crippen LogP contribution in [0.2, 0.25) is 0 Å². The number of nitrogens with zero attached hydrogens (tertiary/aromatic N) is 2. The fourth-order valence-corrected chi connectivity index (χ4v) is 3.09. The summed E-state index contributed by atoms with van der Waals surface area (Å²) in [4.78, 5) is 16.1. The monoisotopic (exact) mass is 380 g/mol. The molecular formula is C17H15BrF2N2O. The van der Waals surface area contributed by atoms with Crippen molar-refractivity contribution in [3.05, 3.63) is 64.1 Å². The highest BCUT2D eigenvalue weighted by Crippen LogP contribution is 2.22. The van der Waals surface area contributed by atoms with Gasteiger partial charge in [-0.15, -0.1) is 0 Å². The molecule has 0 aromatic heterocycles. The Bertz CT molecular complexity index is 730. The Balaban J connectivity index is 1.67. The van der Waals surface area contributed by atoms with E-state index in [1.165, 1.54) is 12.1 Å². The Morgan fingerprint density at radius 3 is 2.39 bits per heavy atom. The van der Waals surface area contributed by atoms with Gasteiger partial charge in [0.2, 0.25) is 0 Å². The van der Waals surface area contributed by atoms with E-state index in [4.69, 9.17) is 0 Å². The highest BCUT2D eigenvalue weighted by molar-refractivity contribution is 9.10. The minimum absolute atomic E-state index is 0.0365. The maximum Gasteiger partial charge on any atom is 0.254 e. The van der Waals surface area contributed by atoms with E-state index in [9.17, 15) is 13.6 Å². The summed E-state index contributed by atoms with van der Waals surface area (Å²) in [6.45, 7) is 2.04. The Morgan fingerprint density at radius 1 is 1.00 bits per heavy atom. The van der Waals surface area contributed by atoms with E-state index < -0.39 is 11.6 Å². The molecule has 0 N–H and O–H groups in total. The molecule has 0 saturated carbocycles. The SMILES string of the molecule is O=C(c1cccc(Br)c1)N1CCN(c2ccc(F)cc2F)CC1. The minimum atomic E-state index is -0.588. The molecule has 120 valence electrons. The van der Waals surface area contributed by atoms with E-state index >= 15 is 0 Å². The molecule has 2 aromatic carbocycles. The molecule has 0 radical (unpaired) electrons. The lowest BCUT2D eigenvalue weighted by Gasteiger charge is -2.36. The predicted octanol–water partition coefficient (Wildman–Crippen LogP) is 3.69. The first-order valence-corrected chi connectivity index (χ1v) is 8.09. The van der Waals surface area contributed by atoms with Gasteiger partial charge in [-0.1, -0.05) is 22.0 Å². The van der Waals surface area contributed by atoms with Gasteiger partial charge in [0.05, 0.1) is 5.69 Å². The van der Waals surface area contributed by atoms with Crippen molar-refractivity contribution < 1.29 is 13.6 Å². The number of hydrogen-bond acceptors (Lipinski definition) is 2. The smallest absolute Gasteiger partial charge is 0.254 e. The van der Waals surface area contributed by atoms with Crippen molar-refractivity contribution in [1.82, 2.24) is 4.90 Å². The maximum absolute atomic E-state index is 13.8. The molecule has 6 heteroatoms. The first-order chi connectivity index (χ1) is 11.0. The van der Waals surface area contributed by atoms with Crippen molar-refractivity contribution in [2.45, 2.75) is 0 Å². The predicted molar refractivity (Wildman–Crippen MR) is 88.6 cm³/mol. The van der Waals surface area contributed by atoms with Gasteiger partial charge in [0.15, 0.2) is 0 Å². The van der Waals surface area contributed by atoms with Crippen LogP contribution in [-0.4, -0.2) is 37.0 Å². The second kappa shape index (κ2) is 6.66. The second-order valence-electron chi connectivity index (χ2n) is 5.39. The number of halogens is 3. The van der Waals surface area contributed by atoms with Crippen LogP contribution in [0, 0.1) is 11.6 Å². The molecule has 1 saturated heterocycles. The average molecular weight is 381 g/mol. The number of benzene rings is 2. The molecule has 0 atom stereocenters. The van der Waals surface area contributed by atoms with Crippen LogP contribution in [0.15, 0.2) is 46.9 Å². The van der Waals surface area contributed by atoms with E-state index in [0.717, 1.165) is 10.5 Å². The molecule has 1 heterocycles. The Hall–Kier alpha value is -1.95. The molecular weight excluding hydrogens is 366 g/mol. The Kier molecular flexibility index (Phi) is 4.61. The van der Waals surface area contributed by atoms with Gasteiger partial charge >= 0.3 is 0 Å². The van der Waals surface area contributed by atoms with Gasteiger partial charge in [-0.3, -0.25) is 4.79 Å². The van der Waals surface area contributed by atoms with Gasteiger partial charge in [0.25, 0.3) is 5.91 Å². The van der Waals surface area contributed by atoms with Crippen molar-refractivity contribution in [1.29, 1.82) is 0 Å². The summed E-state index contributed by atoms with van der Waals surface area (Å²) >= 11 is 3.36. The number of rotatable bonds is 2. The molecule has 1 fully saturated rings. The third-order valence-corrected chi connectivity index (χ3v) is 4.38. The highest BCUT2D eigenvalue weighted by Gasteiger charge is 2.23. The molecule has 0 aliphatic carbocycles. The third-order valence-electron chi connectivity index (χ3n) is 3.89. The van der Waals surface area contributed by atoms with Gasteiger partial charge in [0, 0.05) is 42.3 Å². The topological polar surface area (TPSA) is 23.6 Å². The first-order valence-electron chi connectivity index (χ1n) is 7.29. The number of amides is 1. The summed E-state index contributed by atoms with van der Waals surface area (Å²) in [7, 11) is 0. The molecule has 23 heavy (non-hydrogen) atoms. The normalized spacial score (nSPS) is 14.9. The molecule has 0 unspecified atom stereocenters. The van der Waals surface area contributed by atoms with E-state index in [2.05, 4.69) is 15.9 Å².